The molecule has 0 aliphatic carbocycles. The minimum absolute atomic E-state index is 0.237. The van der Waals surface area contributed by atoms with Crippen LogP contribution in [0.4, 0.5) is 11.4 Å². The maximum Gasteiger partial charge on any atom is 0.310 e. The average molecular weight is 414 g/mol. The summed E-state index contributed by atoms with van der Waals surface area (Å²) in [5.74, 6) is -0.354. The number of phenols is 2. The lowest BCUT2D eigenvalue weighted by Crippen LogP contribution is -2.16. The van der Waals surface area contributed by atoms with Crippen molar-refractivity contribution in [2.24, 2.45) is 0 Å². The standard InChI is InChI=1S/C19H14N2O7S/c22-17-7-11(1-3-15(17)20(25)26)5-13-9-29-10-14(19(13)24)6-12-2-4-16(21(27)28)18(23)8-12/h1-8,22-23H,9-10H2/b13-5-,14-6+. The molecule has 29 heavy (non-hydrogen) atoms. The molecule has 9 nitrogen and oxygen atoms in total. The average Bonchev–Trinajstić information content (AvgIpc) is 2.64. The molecule has 3 rings (SSSR count). The topological polar surface area (TPSA) is 144 Å². The zero-order chi connectivity index (χ0) is 21.1. The first kappa shape index (κ1) is 20.1. The molecule has 2 N–H and O–H groups in total. The van der Waals surface area contributed by atoms with E-state index < -0.39 is 32.7 Å². The Morgan fingerprint density at radius 1 is 0.828 bits per heavy atom. The molecule has 0 bridgehead atoms. The number of aromatic hydroxyl groups is 2. The lowest BCUT2D eigenvalue weighted by molar-refractivity contribution is -0.386. The quantitative estimate of drug-likeness (QED) is 0.438. The molecule has 0 amide bonds. The van der Waals surface area contributed by atoms with Crippen LogP contribution in [0.2, 0.25) is 0 Å². The van der Waals surface area contributed by atoms with Gasteiger partial charge in [0.15, 0.2) is 17.3 Å². The molecule has 2 aromatic carbocycles. The molecule has 10 heteroatoms. The molecule has 0 radical (unpaired) electrons. The molecular weight excluding hydrogens is 400 g/mol. The van der Waals surface area contributed by atoms with E-state index in [1.54, 1.807) is 12.2 Å². The van der Waals surface area contributed by atoms with Gasteiger partial charge < -0.3 is 10.2 Å². The van der Waals surface area contributed by atoms with Crippen LogP contribution in [0, 0.1) is 20.2 Å². The number of hydrogen-bond donors (Lipinski definition) is 2. The van der Waals surface area contributed by atoms with E-state index in [0.29, 0.717) is 33.8 Å². The van der Waals surface area contributed by atoms with E-state index in [4.69, 9.17) is 0 Å². The van der Waals surface area contributed by atoms with Crippen molar-refractivity contribution < 1.29 is 24.9 Å². The number of carbonyl (C=O) groups is 1. The minimum Gasteiger partial charge on any atom is -0.502 e. The third-order valence-electron chi connectivity index (χ3n) is 4.17. The number of thioether (sulfide) groups is 1. The van der Waals surface area contributed by atoms with Crippen LogP contribution < -0.4 is 0 Å². The summed E-state index contributed by atoms with van der Waals surface area (Å²) in [4.78, 5) is 32.9. The lowest BCUT2D eigenvalue weighted by Gasteiger charge is -2.16. The molecule has 1 saturated heterocycles. The molecule has 0 aromatic heterocycles. The molecule has 0 spiro atoms. The van der Waals surface area contributed by atoms with Crippen LogP contribution in [-0.2, 0) is 4.79 Å². The second kappa shape index (κ2) is 8.15. The number of nitro groups is 2. The maximum atomic E-state index is 12.8. The highest BCUT2D eigenvalue weighted by molar-refractivity contribution is 7.99. The van der Waals surface area contributed by atoms with Gasteiger partial charge in [-0.05, 0) is 47.5 Å². The molecule has 0 saturated carbocycles. The zero-order valence-corrected chi connectivity index (χ0v) is 15.6. The van der Waals surface area contributed by atoms with Crippen molar-refractivity contribution in [3.63, 3.8) is 0 Å². The summed E-state index contributed by atoms with van der Waals surface area (Å²) in [5.41, 5.74) is 0.960. The third kappa shape index (κ3) is 4.43. The molecule has 0 unspecified atom stereocenters. The molecule has 1 heterocycles. The van der Waals surface area contributed by atoms with Gasteiger partial charge in [0.1, 0.15) is 0 Å². The highest BCUT2D eigenvalue weighted by atomic mass is 32.2. The Balaban J connectivity index is 1.88. The Kier molecular flexibility index (Phi) is 5.64. The molecule has 2 aromatic rings. The summed E-state index contributed by atoms with van der Waals surface area (Å²) in [5, 5.41) is 41.1. The summed E-state index contributed by atoms with van der Waals surface area (Å²) in [6, 6.07) is 7.65. The number of carbonyl (C=O) groups excluding carboxylic acids is 1. The fraction of sp³-hybridized carbons (Fsp3) is 0.105. The van der Waals surface area contributed by atoms with Crippen LogP contribution in [0.3, 0.4) is 0 Å². The number of ketones is 1. The van der Waals surface area contributed by atoms with Crippen molar-refractivity contribution in [1.82, 2.24) is 0 Å². The van der Waals surface area contributed by atoms with Gasteiger partial charge in [-0.2, -0.15) is 11.8 Å². The molecule has 1 fully saturated rings. The number of rotatable bonds is 4. The monoisotopic (exact) mass is 414 g/mol. The molecular formula is C19H14N2O7S. The fourth-order valence-corrected chi connectivity index (χ4v) is 3.77. The van der Waals surface area contributed by atoms with Gasteiger partial charge in [0.25, 0.3) is 0 Å². The normalized spacial score (nSPS) is 16.9. The highest BCUT2D eigenvalue weighted by Crippen LogP contribution is 2.32. The summed E-state index contributed by atoms with van der Waals surface area (Å²) in [6.45, 7) is 0. The van der Waals surface area contributed by atoms with Gasteiger partial charge in [-0.3, -0.25) is 25.0 Å². The first-order chi connectivity index (χ1) is 13.8. The van der Waals surface area contributed by atoms with Crippen LogP contribution in [0.5, 0.6) is 11.5 Å². The van der Waals surface area contributed by atoms with Gasteiger partial charge in [-0.25, -0.2) is 0 Å². The Bertz CT molecular complexity index is 1010. The minimum atomic E-state index is -0.700. The molecule has 0 atom stereocenters. The predicted molar refractivity (Wildman–Crippen MR) is 108 cm³/mol. The van der Waals surface area contributed by atoms with Crippen LogP contribution in [-0.4, -0.2) is 37.3 Å². The number of phenolic OH excluding ortho intramolecular Hbond substituents is 2. The SMILES string of the molecule is O=C1/C(=C/c2ccc([N+](=O)[O-])c(O)c2)CSC/C1=C/c1ccc([N+](=O)[O-])c(O)c1. The van der Waals surface area contributed by atoms with E-state index in [1.165, 1.54) is 48.2 Å². The zero-order valence-electron chi connectivity index (χ0n) is 14.8. The van der Waals surface area contributed by atoms with Gasteiger partial charge in [0.05, 0.1) is 9.85 Å². The smallest absolute Gasteiger partial charge is 0.310 e. The summed E-state index contributed by atoms with van der Waals surface area (Å²) in [7, 11) is 0. The molecule has 148 valence electrons. The van der Waals surface area contributed by atoms with Gasteiger partial charge in [-0.1, -0.05) is 0 Å². The summed E-state index contributed by atoms with van der Waals surface area (Å²) in [6.07, 6.45) is 3.11. The van der Waals surface area contributed by atoms with Crippen LogP contribution in [0.15, 0.2) is 47.5 Å². The first-order valence-electron chi connectivity index (χ1n) is 8.24. The van der Waals surface area contributed by atoms with Crippen LogP contribution in [0.25, 0.3) is 12.2 Å². The predicted octanol–water partition coefficient (Wildman–Crippen LogP) is 3.70. The molecule has 1 aliphatic rings. The van der Waals surface area contributed by atoms with E-state index in [0.717, 1.165) is 0 Å². The number of nitrogens with zero attached hydrogens (tertiary/aromatic N) is 2. The van der Waals surface area contributed by atoms with E-state index in [2.05, 4.69) is 0 Å². The van der Waals surface area contributed by atoms with Crippen molar-refractivity contribution in [3.05, 3.63) is 78.9 Å². The van der Waals surface area contributed by atoms with Gasteiger partial charge in [0.2, 0.25) is 0 Å². The van der Waals surface area contributed by atoms with Gasteiger partial charge in [0, 0.05) is 34.8 Å². The first-order valence-corrected chi connectivity index (χ1v) is 9.40. The van der Waals surface area contributed by atoms with E-state index in [-0.39, 0.29) is 5.78 Å². The van der Waals surface area contributed by atoms with E-state index in [1.807, 2.05) is 0 Å². The van der Waals surface area contributed by atoms with Crippen molar-refractivity contribution in [2.45, 2.75) is 0 Å². The summed E-state index contributed by atoms with van der Waals surface area (Å²) < 4.78 is 0. The van der Waals surface area contributed by atoms with Crippen LogP contribution in [0.1, 0.15) is 11.1 Å². The highest BCUT2D eigenvalue weighted by Gasteiger charge is 2.22. The van der Waals surface area contributed by atoms with Crippen molar-refractivity contribution in [2.75, 3.05) is 11.5 Å². The largest absolute Gasteiger partial charge is 0.502 e. The van der Waals surface area contributed by atoms with Crippen molar-refractivity contribution in [3.8, 4) is 11.5 Å². The Labute approximate surface area is 168 Å². The molecule has 1 aliphatic heterocycles. The maximum absolute atomic E-state index is 12.8. The number of benzene rings is 2. The van der Waals surface area contributed by atoms with Crippen LogP contribution >= 0.6 is 11.8 Å². The Morgan fingerprint density at radius 2 is 1.24 bits per heavy atom. The number of nitro benzene ring substituents is 2. The Hall–Kier alpha value is -3.66. The van der Waals surface area contributed by atoms with Gasteiger partial charge in [-0.15, -0.1) is 0 Å². The van der Waals surface area contributed by atoms with E-state index >= 15 is 0 Å². The van der Waals surface area contributed by atoms with Gasteiger partial charge >= 0.3 is 11.4 Å². The fourth-order valence-electron chi connectivity index (χ4n) is 2.79. The van der Waals surface area contributed by atoms with Crippen molar-refractivity contribution >= 4 is 41.1 Å². The lowest BCUT2D eigenvalue weighted by atomic mass is 10.00. The second-order valence-electron chi connectivity index (χ2n) is 6.17. The summed E-state index contributed by atoms with van der Waals surface area (Å²) >= 11 is 1.48. The van der Waals surface area contributed by atoms with Crippen molar-refractivity contribution in [1.29, 1.82) is 0 Å². The third-order valence-corrected chi connectivity index (χ3v) is 5.20. The van der Waals surface area contributed by atoms with E-state index in [9.17, 15) is 35.2 Å². The number of Topliss-reactive ketones (excluding diaryl/α,β-unsaturated/α-hetero) is 1. The second-order valence-corrected chi connectivity index (χ2v) is 7.16. The number of hydrogen-bond acceptors (Lipinski definition) is 8. The Morgan fingerprint density at radius 3 is 1.59 bits per heavy atom.